The number of benzene rings is 1. The molecule has 156 valence electrons. The molecule has 1 atom stereocenters. The lowest BCUT2D eigenvalue weighted by molar-refractivity contribution is -0.139. The maximum Gasteiger partial charge on any atom is 0.406 e. The van der Waals surface area contributed by atoms with Gasteiger partial charge in [-0.3, -0.25) is 4.90 Å². The Morgan fingerprint density at radius 2 is 2.03 bits per heavy atom. The highest BCUT2D eigenvalue weighted by Gasteiger charge is 2.31. The van der Waals surface area contributed by atoms with Crippen molar-refractivity contribution in [3.05, 3.63) is 35.2 Å². The van der Waals surface area contributed by atoms with E-state index in [9.17, 15) is 13.2 Å². The van der Waals surface area contributed by atoms with Gasteiger partial charge in [0.2, 0.25) is 0 Å². The van der Waals surface area contributed by atoms with Crippen molar-refractivity contribution in [2.24, 2.45) is 0 Å². The lowest BCUT2D eigenvalue weighted by Gasteiger charge is -2.27. The summed E-state index contributed by atoms with van der Waals surface area (Å²) in [6.45, 7) is 1.66. The summed E-state index contributed by atoms with van der Waals surface area (Å²) in [6, 6.07) is 6.08. The molecule has 0 unspecified atom stereocenters. The van der Waals surface area contributed by atoms with Gasteiger partial charge in [0.1, 0.15) is 23.9 Å². The number of likely N-dealkylation sites (tertiary alicyclic amines) is 1. The quantitative estimate of drug-likeness (QED) is 0.570. The molecule has 0 radical (unpaired) electrons. The van der Waals surface area contributed by atoms with E-state index in [2.05, 4.69) is 33.9 Å². The molecule has 0 N–H and O–H groups in total. The van der Waals surface area contributed by atoms with Crippen molar-refractivity contribution in [3.63, 3.8) is 0 Å². The Labute approximate surface area is 172 Å². The van der Waals surface area contributed by atoms with Crippen LogP contribution in [0.2, 0.25) is 5.15 Å². The minimum Gasteiger partial charge on any atom is -0.327 e. The second kappa shape index (κ2) is 7.74. The van der Waals surface area contributed by atoms with Crippen molar-refractivity contribution in [3.8, 4) is 0 Å². The predicted octanol–water partition coefficient (Wildman–Crippen LogP) is 4.33. The van der Waals surface area contributed by atoms with Crippen molar-refractivity contribution in [2.45, 2.75) is 38.1 Å². The summed E-state index contributed by atoms with van der Waals surface area (Å²) in [4.78, 5) is 12.8. The maximum absolute atomic E-state index is 13.2. The number of fused-ring (bicyclic) bond motifs is 3. The molecule has 0 aliphatic carbocycles. The van der Waals surface area contributed by atoms with Crippen molar-refractivity contribution < 1.29 is 13.2 Å². The van der Waals surface area contributed by atoms with Gasteiger partial charge >= 0.3 is 6.18 Å². The Kier molecular flexibility index (Phi) is 5.44. The fraction of sp³-hybridized carbons (Fsp3) is 0.500. The van der Waals surface area contributed by atoms with Crippen molar-refractivity contribution >= 4 is 33.5 Å². The molecule has 0 saturated carbocycles. The van der Waals surface area contributed by atoms with E-state index in [4.69, 9.17) is 11.6 Å². The molecule has 1 aliphatic rings. The molecule has 4 rings (SSSR count). The van der Waals surface area contributed by atoms with Crippen molar-refractivity contribution in [2.75, 3.05) is 27.2 Å². The zero-order valence-corrected chi connectivity index (χ0v) is 17.1. The second-order valence-corrected chi connectivity index (χ2v) is 8.30. The zero-order chi connectivity index (χ0) is 20.8. The smallest absolute Gasteiger partial charge is 0.327 e. The van der Waals surface area contributed by atoms with Gasteiger partial charge in [-0.2, -0.15) is 13.2 Å². The van der Waals surface area contributed by atoms with E-state index >= 15 is 0 Å². The van der Waals surface area contributed by atoms with E-state index in [1.54, 1.807) is 6.07 Å². The first-order chi connectivity index (χ1) is 13.7. The molecule has 1 fully saturated rings. The molecule has 5 nitrogen and oxygen atoms in total. The highest BCUT2D eigenvalue weighted by molar-refractivity contribution is 6.34. The van der Waals surface area contributed by atoms with Crippen LogP contribution < -0.4 is 0 Å². The van der Waals surface area contributed by atoms with Crippen LogP contribution in [0.5, 0.6) is 0 Å². The number of likely N-dealkylation sites (N-methyl/N-ethyl adjacent to an activating group) is 1. The summed E-state index contributed by atoms with van der Waals surface area (Å²) in [5.74, 6) is 0. The Balaban J connectivity index is 1.74. The molecule has 3 heterocycles. The summed E-state index contributed by atoms with van der Waals surface area (Å²) < 4.78 is 40.7. The third-order valence-electron chi connectivity index (χ3n) is 5.45. The molecular formula is C20H23ClF3N5. The van der Waals surface area contributed by atoms with Crippen LogP contribution in [0.3, 0.4) is 0 Å². The summed E-state index contributed by atoms with van der Waals surface area (Å²) in [5, 5.41) is 0.706. The van der Waals surface area contributed by atoms with E-state index < -0.39 is 12.7 Å². The summed E-state index contributed by atoms with van der Waals surface area (Å²) in [6.07, 6.45) is -0.753. The van der Waals surface area contributed by atoms with Crippen molar-refractivity contribution in [1.82, 2.24) is 24.3 Å². The minimum atomic E-state index is -4.37. The number of hydrogen-bond donors (Lipinski definition) is 0. The van der Waals surface area contributed by atoms with Crippen molar-refractivity contribution in [1.29, 1.82) is 0 Å². The molecule has 29 heavy (non-hydrogen) atoms. The van der Waals surface area contributed by atoms with E-state index in [1.165, 1.54) is 10.9 Å². The second-order valence-electron chi connectivity index (χ2n) is 7.94. The molecule has 0 amide bonds. The Bertz CT molecular complexity index is 1030. The first-order valence-corrected chi connectivity index (χ1v) is 9.97. The average Bonchev–Trinajstić information content (AvgIpc) is 3.17. The molecular weight excluding hydrogens is 403 g/mol. The van der Waals surface area contributed by atoms with Crippen LogP contribution >= 0.6 is 11.6 Å². The lowest BCUT2D eigenvalue weighted by atomic mass is 10.1. The van der Waals surface area contributed by atoms with E-state index in [1.807, 2.05) is 12.1 Å². The number of nitrogens with zero attached hydrogens (tertiary/aromatic N) is 5. The summed E-state index contributed by atoms with van der Waals surface area (Å²) >= 11 is 6.16. The normalized spacial score (nSPS) is 18.5. The summed E-state index contributed by atoms with van der Waals surface area (Å²) in [7, 11) is 4.14. The Hall–Kier alpha value is -1.90. The van der Waals surface area contributed by atoms with E-state index in [0.717, 1.165) is 38.0 Å². The molecule has 0 spiro atoms. The molecule has 1 aromatic carbocycles. The Morgan fingerprint density at radius 3 is 2.76 bits per heavy atom. The van der Waals surface area contributed by atoms with Crippen LogP contribution in [0.1, 0.15) is 18.4 Å². The summed E-state index contributed by atoms with van der Waals surface area (Å²) in [5.41, 5.74) is 2.21. The van der Waals surface area contributed by atoms with Crippen LogP contribution in [0, 0.1) is 0 Å². The van der Waals surface area contributed by atoms with Gasteiger partial charge in [0.25, 0.3) is 0 Å². The number of rotatable bonds is 5. The van der Waals surface area contributed by atoms with E-state index in [-0.39, 0.29) is 10.7 Å². The number of aromatic nitrogens is 3. The number of halogens is 4. The van der Waals surface area contributed by atoms with Gasteiger partial charge in [0.15, 0.2) is 5.15 Å². The fourth-order valence-electron chi connectivity index (χ4n) is 4.33. The predicted molar refractivity (Wildman–Crippen MR) is 108 cm³/mol. The third kappa shape index (κ3) is 4.20. The van der Waals surface area contributed by atoms with Crippen LogP contribution in [0.25, 0.3) is 21.9 Å². The highest BCUT2D eigenvalue weighted by atomic mass is 35.5. The number of hydrogen-bond acceptors (Lipinski definition) is 4. The van der Waals surface area contributed by atoms with Gasteiger partial charge in [0.05, 0.1) is 5.52 Å². The Morgan fingerprint density at radius 1 is 1.24 bits per heavy atom. The largest absolute Gasteiger partial charge is 0.406 e. The van der Waals surface area contributed by atoms with Gasteiger partial charge in [-0.05, 0) is 51.2 Å². The van der Waals surface area contributed by atoms with Gasteiger partial charge in [0, 0.05) is 24.5 Å². The topological polar surface area (TPSA) is 37.2 Å². The van der Waals surface area contributed by atoms with Gasteiger partial charge in [-0.15, -0.1) is 0 Å². The molecule has 3 aromatic rings. The average molecular weight is 426 g/mol. The highest BCUT2D eigenvalue weighted by Crippen LogP contribution is 2.34. The molecule has 1 aliphatic heterocycles. The maximum atomic E-state index is 13.2. The van der Waals surface area contributed by atoms with Gasteiger partial charge in [-0.1, -0.05) is 17.7 Å². The SMILES string of the molecule is CN(C)C[C@H]1CCCN1Cc1ccc2c(c1)c1ncnc(Cl)c1n2CC(F)(F)F. The molecule has 9 heteroatoms. The third-order valence-corrected chi connectivity index (χ3v) is 5.73. The molecule has 1 saturated heterocycles. The van der Waals surface area contributed by atoms with E-state index in [0.29, 0.717) is 22.5 Å². The first kappa shape index (κ1) is 20.4. The monoisotopic (exact) mass is 425 g/mol. The van der Waals surface area contributed by atoms with Crippen LogP contribution in [-0.4, -0.2) is 63.7 Å². The van der Waals surface area contributed by atoms with Crippen LogP contribution in [-0.2, 0) is 13.1 Å². The van der Waals surface area contributed by atoms with Crippen LogP contribution in [0.15, 0.2) is 24.5 Å². The first-order valence-electron chi connectivity index (χ1n) is 9.60. The number of alkyl halides is 3. The molecule has 0 bridgehead atoms. The molecule has 2 aromatic heterocycles. The van der Waals surface area contributed by atoms with Gasteiger partial charge < -0.3 is 9.47 Å². The van der Waals surface area contributed by atoms with Crippen LogP contribution in [0.4, 0.5) is 13.2 Å². The fourth-order valence-corrected chi connectivity index (χ4v) is 4.57. The minimum absolute atomic E-state index is 0.0302. The zero-order valence-electron chi connectivity index (χ0n) is 16.4. The lowest BCUT2D eigenvalue weighted by Crippen LogP contribution is -2.37. The standard InChI is InChI=1S/C20H23ClF3N5/c1-27(2)10-14-4-3-7-28(14)9-13-5-6-16-15(8-13)17-18(19(21)26-12-25-17)29(16)11-20(22,23)24/h5-6,8,12,14H,3-4,7,9-11H2,1-2H3/t14-/m1/s1. The van der Waals surface area contributed by atoms with Gasteiger partial charge in [-0.25, -0.2) is 9.97 Å².